The van der Waals surface area contributed by atoms with Crippen LogP contribution in [0.4, 0.5) is 0 Å². The van der Waals surface area contributed by atoms with Crippen LogP contribution in [0.15, 0.2) is 39.5 Å². The fraction of sp³-hybridized carbons (Fsp3) is 0. The monoisotopic (exact) mass is 204 g/mol. The summed E-state index contributed by atoms with van der Waals surface area (Å²) in [4.78, 5) is 22.4. The zero-order chi connectivity index (χ0) is 10.8. The maximum Gasteiger partial charge on any atom is 0.276 e. The summed E-state index contributed by atoms with van der Waals surface area (Å²) in [6.45, 7) is 0. The van der Waals surface area contributed by atoms with Gasteiger partial charge in [-0.05, 0) is 12.1 Å². The predicted molar refractivity (Wildman–Crippen MR) is 53.3 cm³/mol. The Labute approximate surface area is 83.9 Å². The topological polar surface area (TPSA) is 82.4 Å². The molecule has 1 aromatic heterocycles. The molecule has 0 unspecified atom stereocenters. The number of hydrogen-bond donors (Lipinski definition) is 1. The minimum Gasteiger partial charge on any atom is -0.759 e. The molecule has 0 spiro atoms. The van der Waals surface area contributed by atoms with Crippen LogP contribution in [0.1, 0.15) is 10.6 Å². The van der Waals surface area contributed by atoms with Crippen LogP contribution in [0.2, 0.25) is 0 Å². The van der Waals surface area contributed by atoms with Crippen LogP contribution in [-0.4, -0.2) is 5.91 Å². The Kier molecular flexibility index (Phi) is 2.23. The highest BCUT2D eigenvalue weighted by molar-refractivity contribution is 5.93. The standard InChI is InChI=1S/C10H6NO4/c12-7-5-9(10(13)11-14)15-8-4-2-1-3-6(7)8/h1-5H,(H-,11,12,13,14)/q-1. The van der Waals surface area contributed by atoms with Crippen molar-refractivity contribution in [1.29, 1.82) is 0 Å². The second-order valence-corrected chi connectivity index (χ2v) is 2.90. The van der Waals surface area contributed by atoms with Gasteiger partial charge in [-0.3, -0.25) is 9.59 Å². The van der Waals surface area contributed by atoms with Gasteiger partial charge in [0.05, 0.1) is 5.39 Å². The van der Waals surface area contributed by atoms with Crippen molar-refractivity contribution in [2.45, 2.75) is 0 Å². The van der Waals surface area contributed by atoms with Crippen molar-refractivity contribution >= 4 is 16.9 Å². The summed E-state index contributed by atoms with van der Waals surface area (Å²) in [5, 5.41) is 10.5. The fourth-order valence-corrected chi connectivity index (χ4v) is 1.27. The van der Waals surface area contributed by atoms with Crippen LogP contribution in [-0.2, 0) is 0 Å². The lowest BCUT2D eigenvalue weighted by molar-refractivity contribution is 0.0943. The molecule has 2 aromatic rings. The van der Waals surface area contributed by atoms with Crippen molar-refractivity contribution in [1.82, 2.24) is 5.48 Å². The third-order valence-corrected chi connectivity index (χ3v) is 1.95. The van der Waals surface area contributed by atoms with Gasteiger partial charge < -0.3 is 15.1 Å². The van der Waals surface area contributed by atoms with Crippen molar-refractivity contribution in [2.24, 2.45) is 0 Å². The second-order valence-electron chi connectivity index (χ2n) is 2.90. The number of rotatable bonds is 1. The van der Waals surface area contributed by atoms with Gasteiger partial charge in [0.25, 0.3) is 5.91 Å². The number of hydrogen-bond acceptors (Lipinski definition) is 4. The first-order chi connectivity index (χ1) is 7.22. The summed E-state index contributed by atoms with van der Waals surface area (Å²) in [6, 6.07) is 7.49. The lowest BCUT2D eigenvalue weighted by Gasteiger charge is -2.06. The van der Waals surface area contributed by atoms with E-state index in [2.05, 4.69) is 0 Å². The van der Waals surface area contributed by atoms with Crippen molar-refractivity contribution in [2.75, 3.05) is 0 Å². The van der Waals surface area contributed by atoms with Gasteiger partial charge in [-0.15, -0.1) is 0 Å². The van der Waals surface area contributed by atoms with E-state index in [9.17, 15) is 14.8 Å². The van der Waals surface area contributed by atoms with Crippen molar-refractivity contribution < 1.29 is 9.21 Å². The molecule has 0 aliphatic heterocycles. The van der Waals surface area contributed by atoms with E-state index in [4.69, 9.17) is 4.42 Å². The highest BCUT2D eigenvalue weighted by Gasteiger charge is 2.08. The zero-order valence-electron chi connectivity index (χ0n) is 7.52. The van der Waals surface area contributed by atoms with Gasteiger partial charge in [0.15, 0.2) is 11.2 Å². The number of hydroxylamine groups is 1. The molecule has 0 aliphatic rings. The molecule has 0 saturated carbocycles. The second kappa shape index (κ2) is 3.55. The van der Waals surface area contributed by atoms with Crippen molar-refractivity contribution in [3.63, 3.8) is 0 Å². The number of nitrogens with one attached hydrogen (secondary N) is 1. The molecule has 0 saturated heterocycles. The summed E-state index contributed by atoms with van der Waals surface area (Å²) in [6.07, 6.45) is 0. The molecule has 0 bridgehead atoms. The summed E-state index contributed by atoms with van der Waals surface area (Å²) >= 11 is 0. The van der Waals surface area contributed by atoms with Crippen LogP contribution < -0.4 is 10.9 Å². The average Bonchev–Trinajstić information content (AvgIpc) is 2.28. The Morgan fingerprint density at radius 3 is 2.80 bits per heavy atom. The van der Waals surface area contributed by atoms with Gasteiger partial charge in [0, 0.05) is 6.07 Å². The van der Waals surface area contributed by atoms with Crippen LogP contribution in [0.5, 0.6) is 0 Å². The van der Waals surface area contributed by atoms with E-state index in [1.54, 1.807) is 24.3 Å². The first-order valence-electron chi connectivity index (χ1n) is 4.18. The highest BCUT2D eigenvalue weighted by Crippen LogP contribution is 2.11. The molecule has 2 rings (SSSR count). The number of para-hydroxylation sites is 1. The van der Waals surface area contributed by atoms with Crippen molar-refractivity contribution in [3.05, 3.63) is 51.5 Å². The molecular formula is C10H6NO4-. The number of carbonyl (C=O) groups excluding carboxylic acids is 1. The van der Waals surface area contributed by atoms with Gasteiger partial charge in [-0.25, -0.2) is 0 Å². The maximum atomic E-state index is 11.5. The van der Waals surface area contributed by atoms with E-state index in [0.717, 1.165) is 11.5 Å². The lowest BCUT2D eigenvalue weighted by atomic mass is 10.2. The number of carbonyl (C=O) groups is 1. The van der Waals surface area contributed by atoms with E-state index in [0.29, 0.717) is 5.39 Å². The summed E-state index contributed by atoms with van der Waals surface area (Å²) in [5.41, 5.74) is 1.08. The van der Waals surface area contributed by atoms with Gasteiger partial charge in [0.1, 0.15) is 5.58 Å². The van der Waals surface area contributed by atoms with Crippen LogP contribution >= 0.6 is 0 Å². The third-order valence-electron chi connectivity index (χ3n) is 1.95. The summed E-state index contributed by atoms with van der Waals surface area (Å²) in [7, 11) is 0. The molecule has 0 atom stereocenters. The molecule has 1 aromatic carbocycles. The molecular weight excluding hydrogens is 198 g/mol. The van der Waals surface area contributed by atoms with Gasteiger partial charge in [-0.1, -0.05) is 12.1 Å². The van der Waals surface area contributed by atoms with Crippen LogP contribution in [0.25, 0.3) is 11.0 Å². The SMILES string of the molecule is O=C(N[O-])c1cc(=O)c2ccccc2o1. The normalized spacial score (nSPS) is 10.2. The number of fused-ring (bicyclic) bond motifs is 1. The van der Waals surface area contributed by atoms with Crippen LogP contribution in [0.3, 0.4) is 0 Å². The third kappa shape index (κ3) is 1.60. The molecule has 15 heavy (non-hydrogen) atoms. The largest absolute Gasteiger partial charge is 0.759 e. The summed E-state index contributed by atoms with van der Waals surface area (Å²) < 4.78 is 5.08. The molecule has 0 fully saturated rings. The minimum absolute atomic E-state index is 0.281. The average molecular weight is 204 g/mol. The molecule has 0 radical (unpaired) electrons. The Morgan fingerprint density at radius 1 is 1.33 bits per heavy atom. The van der Waals surface area contributed by atoms with E-state index in [-0.39, 0.29) is 16.8 Å². The molecule has 1 N–H and O–H groups in total. The quantitative estimate of drug-likeness (QED) is 0.703. The van der Waals surface area contributed by atoms with Gasteiger partial charge >= 0.3 is 0 Å². The molecule has 1 heterocycles. The van der Waals surface area contributed by atoms with Gasteiger partial charge in [-0.2, -0.15) is 0 Å². The Hall–Kier alpha value is -2.14. The van der Waals surface area contributed by atoms with E-state index >= 15 is 0 Å². The van der Waals surface area contributed by atoms with Crippen molar-refractivity contribution in [3.8, 4) is 0 Å². The molecule has 76 valence electrons. The lowest BCUT2D eigenvalue weighted by Crippen LogP contribution is -2.18. The summed E-state index contributed by atoms with van der Waals surface area (Å²) in [5.74, 6) is -1.24. The minimum atomic E-state index is -0.960. The molecule has 5 heteroatoms. The maximum absolute atomic E-state index is 11.5. The molecule has 5 nitrogen and oxygen atoms in total. The van der Waals surface area contributed by atoms with Crippen LogP contribution in [0, 0.1) is 5.21 Å². The fourth-order valence-electron chi connectivity index (χ4n) is 1.27. The van der Waals surface area contributed by atoms with E-state index in [1.807, 2.05) is 0 Å². The Bertz CT molecular complexity index is 573. The van der Waals surface area contributed by atoms with E-state index in [1.165, 1.54) is 0 Å². The number of benzene rings is 1. The number of amides is 1. The first kappa shape index (κ1) is 9.42. The smallest absolute Gasteiger partial charge is 0.276 e. The zero-order valence-corrected chi connectivity index (χ0v) is 7.52. The molecule has 1 amide bonds. The highest BCUT2D eigenvalue weighted by atomic mass is 16.5. The first-order valence-corrected chi connectivity index (χ1v) is 4.18. The Balaban J connectivity index is 2.73. The predicted octanol–water partition coefficient (Wildman–Crippen LogP) is 1.02. The molecule has 0 aliphatic carbocycles. The Morgan fingerprint density at radius 2 is 2.07 bits per heavy atom. The van der Waals surface area contributed by atoms with Gasteiger partial charge in [0.2, 0.25) is 0 Å². The van der Waals surface area contributed by atoms with E-state index < -0.39 is 5.91 Å².